The topological polar surface area (TPSA) is 43.8 Å². The minimum atomic E-state index is 0.576. The number of hydrogen-bond donors (Lipinski definition) is 1. The van der Waals surface area contributed by atoms with Gasteiger partial charge in [-0.1, -0.05) is 40.2 Å². The van der Waals surface area contributed by atoms with Gasteiger partial charge in [-0.25, -0.2) is 4.98 Å². The van der Waals surface area contributed by atoms with E-state index in [1.165, 1.54) is 11.1 Å². The summed E-state index contributed by atoms with van der Waals surface area (Å²) < 4.78 is 3.12. The smallest absolute Gasteiger partial charge is 0.201 e. The van der Waals surface area contributed by atoms with E-state index in [0.717, 1.165) is 28.5 Å². The number of anilines is 1. The van der Waals surface area contributed by atoms with Crippen LogP contribution >= 0.6 is 15.9 Å². The SMILES string of the molecule is Cc1ccccc1CCn1c(N)nc2ccc(Br)cc21. The Morgan fingerprint density at radius 1 is 1.20 bits per heavy atom. The van der Waals surface area contributed by atoms with Crippen LogP contribution in [0, 0.1) is 6.92 Å². The first-order valence-electron chi connectivity index (χ1n) is 6.61. The number of nitrogen functional groups attached to an aromatic ring is 1. The van der Waals surface area contributed by atoms with E-state index in [0.29, 0.717) is 5.95 Å². The molecule has 0 bridgehead atoms. The van der Waals surface area contributed by atoms with Crippen LogP contribution in [0.5, 0.6) is 0 Å². The number of fused-ring (bicyclic) bond motifs is 1. The molecule has 102 valence electrons. The van der Waals surface area contributed by atoms with Crippen molar-refractivity contribution < 1.29 is 0 Å². The summed E-state index contributed by atoms with van der Waals surface area (Å²) in [5.74, 6) is 0.576. The van der Waals surface area contributed by atoms with Crippen LogP contribution in [-0.2, 0) is 13.0 Å². The first-order chi connectivity index (χ1) is 9.65. The van der Waals surface area contributed by atoms with Gasteiger partial charge >= 0.3 is 0 Å². The van der Waals surface area contributed by atoms with Gasteiger partial charge in [0.2, 0.25) is 5.95 Å². The zero-order chi connectivity index (χ0) is 14.1. The molecule has 0 atom stereocenters. The van der Waals surface area contributed by atoms with Crippen molar-refractivity contribution in [3.8, 4) is 0 Å². The fourth-order valence-corrected chi connectivity index (χ4v) is 2.82. The Morgan fingerprint density at radius 2 is 2.00 bits per heavy atom. The number of benzene rings is 2. The molecule has 0 spiro atoms. The number of hydrogen-bond acceptors (Lipinski definition) is 2. The number of nitrogens with two attached hydrogens (primary N) is 1. The van der Waals surface area contributed by atoms with E-state index in [4.69, 9.17) is 5.73 Å². The van der Waals surface area contributed by atoms with Gasteiger partial charge in [-0.2, -0.15) is 0 Å². The highest BCUT2D eigenvalue weighted by molar-refractivity contribution is 9.10. The number of nitrogens with zero attached hydrogens (tertiary/aromatic N) is 2. The van der Waals surface area contributed by atoms with Gasteiger partial charge in [0.1, 0.15) is 0 Å². The fourth-order valence-electron chi connectivity index (χ4n) is 2.47. The number of aromatic nitrogens is 2. The quantitative estimate of drug-likeness (QED) is 0.791. The first-order valence-corrected chi connectivity index (χ1v) is 7.40. The normalized spacial score (nSPS) is 11.1. The van der Waals surface area contributed by atoms with Crippen molar-refractivity contribution in [2.75, 3.05) is 5.73 Å². The van der Waals surface area contributed by atoms with Crippen molar-refractivity contribution in [1.82, 2.24) is 9.55 Å². The van der Waals surface area contributed by atoms with Crippen LogP contribution in [0.1, 0.15) is 11.1 Å². The second kappa shape index (κ2) is 5.29. The highest BCUT2D eigenvalue weighted by atomic mass is 79.9. The van der Waals surface area contributed by atoms with E-state index >= 15 is 0 Å². The molecule has 1 heterocycles. The van der Waals surface area contributed by atoms with Crippen LogP contribution in [0.4, 0.5) is 5.95 Å². The maximum atomic E-state index is 6.04. The van der Waals surface area contributed by atoms with Gasteiger partial charge in [0.25, 0.3) is 0 Å². The van der Waals surface area contributed by atoms with Crippen LogP contribution in [0.3, 0.4) is 0 Å². The van der Waals surface area contributed by atoms with Crippen LogP contribution in [0.15, 0.2) is 46.9 Å². The van der Waals surface area contributed by atoms with Crippen molar-refractivity contribution >= 4 is 32.9 Å². The Balaban J connectivity index is 1.93. The van der Waals surface area contributed by atoms with E-state index in [1.54, 1.807) is 0 Å². The Kier molecular flexibility index (Phi) is 3.49. The Bertz CT molecular complexity index is 762. The molecule has 0 saturated carbocycles. The van der Waals surface area contributed by atoms with Crippen molar-refractivity contribution in [1.29, 1.82) is 0 Å². The first kappa shape index (κ1) is 13.2. The lowest BCUT2D eigenvalue weighted by atomic mass is 10.1. The van der Waals surface area contributed by atoms with E-state index in [1.807, 2.05) is 12.1 Å². The molecule has 0 saturated heterocycles. The molecule has 0 amide bonds. The van der Waals surface area contributed by atoms with Gasteiger partial charge in [0.15, 0.2) is 0 Å². The maximum absolute atomic E-state index is 6.04. The summed E-state index contributed by atoms with van der Waals surface area (Å²) in [5, 5.41) is 0. The summed E-state index contributed by atoms with van der Waals surface area (Å²) in [6.07, 6.45) is 0.953. The molecule has 0 fully saturated rings. The van der Waals surface area contributed by atoms with Crippen molar-refractivity contribution in [2.45, 2.75) is 19.9 Å². The standard InChI is InChI=1S/C16H16BrN3/c1-11-4-2-3-5-12(11)8-9-20-15-10-13(17)6-7-14(15)19-16(20)18/h2-7,10H,8-9H2,1H3,(H2,18,19). The van der Waals surface area contributed by atoms with Gasteiger partial charge < -0.3 is 10.3 Å². The highest BCUT2D eigenvalue weighted by Crippen LogP contribution is 2.22. The van der Waals surface area contributed by atoms with Gasteiger partial charge in [0.05, 0.1) is 11.0 Å². The monoisotopic (exact) mass is 329 g/mol. The summed E-state index contributed by atoms with van der Waals surface area (Å²) in [7, 11) is 0. The Hall–Kier alpha value is -1.81. The summed E-state index contributed by atoms with van der Waals surface area (Å²) in [4.78, 5) is 4.41. The minimum Gasteiger partial charge on any atom is -0.369 e. The molecule has 3 nitrogen and oxygen atoms in total. The number of halogens is 1. The van der Waals surface area contributed by atoms with Gasteiger partial charge in [-0.3, -0.25) is 0 Å². The van der Waals surface area contributed by atoms with E-state index < -0.39 is 0 Å². The maximum Gasteiger partial charge on any atom is 0.201 e. The van der Waals surface area contributed by atoms with Crippen molar-refractivity contribution in [2.24, 2.45) is 0 Å². The molecule has 2 aromatic carbocycles. The van der Waals surface area contributed by atoms with Gasteiger partial charge in [-0.05, 0) is 42.7 Å². The van der Waals surface area contributed by atoms with E-state index in [2.05, 4.69) is 62.7 Å². The summed E-state index contributed by atoms with van der Waals surface area (Å²) in [6.45, 7) is 2.98. The van der Waals surface area contributed by atoms with E-state index in [9.17, 15) is 0 Å². The average molecular weight is 330 g/mol. The molecule has 0 aliphatic carbocycles. The number of aryl methyl sites for hydroxylation is 3. The Morgan fingerprint density at radius 3 is 2.80 bits per heavy atom. The molecule has 1 aromatic heterocycles. The Labute approximate surface area is 126 Å². The molecule has 0 aliphatic heterocycles. The third-order valence-corrected chi connectivity index (χ3v) is 4.10. The molecular formula is C16H16BrN3. The summed E-state index contributed by atoms with van der Waals surface area (Å²) in [6, 6.07) is 14.5. The van der Waals surface area contributed by atoms with Crippen LogP contribution in [0.2, 0.25) is 0 Å². The molecule has 20 heavy (non-hydrogen) atoms. The van der Waals surface area contributed by atoms with Crippen LogP contribution < -0.4 is 5.73 Å². The minimum absolute atomic E-state index is 0.576. The molecule has 3 rings (SSSR count). The molecule has 0 aliphatic rings. The highest BCUT2D eigenvalue weighted by Gasteiger charge is 2.09. The summed E-state index contributed by atoms with van der Waals surface area (Å²) >= 11 is 3.50. The molecule has 3 aromatic rings. The molecule has 0 unspecified atom stereocenters. The molecule has 4 heteroatoms. The second-order valence-corrected chi connectivity index (χ2v) is 5.85. The average Bonchev–Trinajstić information content (AvgIpc) is 2.73. The fraction of sp³-hybridized carbons (Fsp3) is 0.188. The van der Waals surface area contributed by atoms with Gasteiger partial charge in [-0.15, -0.1) is 0 Å². The van der Waals surface area contributed by atoms with E-state index in [-0.39, 0.29) is 0 Å². The number of imidazole rings is 1. The van der Waals surface area contributed by atoms with Crippen LogP contribution in [0.25, 0.3) is 11.0 Å². The lowest BCUT2D eigenvalue weighted by Gasteiger charge is -2.09. The largest absolute Gasteiger partial charge is 0.369 e. The number of rotatable bonds is 3. The lowest BCUT2D eigenvalue weighted by molar-refractivity contribution is 0.723. The lowest BCUT2D eigenvalue weighted by Crippen LogP contribution is -2.06. The van der Waals surface area contributed by atoms with Crippen molar-refractivity contribution in [3.63, 3.8) is 0 Å². The molecular weight excluding hydrogens is 314 g/mol. The zero-order valence-electron chi connectivity index (χ0n) is 11.3. The molecule has 2 N–H and O–H groups in total. The van der Waals surface area contributed by atoms with Crippen LogP contribution in [-0.4, -0.2) is 9.55 Å². The van der Waals surface area contributed by atoms with Gasteiger partial charge in [0, 0.05) is 11.0 Å². The predicted molar refractivity (Wildman–Crippen MR) is 86.7 cm³/mol. The molecule has 0 radical (unpaired) electrons. The van der Waals surface area contributed by atoms with Crippen molar-refractivity contribution in [3.05, 3.63) is 58.1 Å². The second-order valence-electron chi connectivity index (χ2n) is 4.93. The third kappa shape index (κ3) is 2.43. The third-order valence-electron chi connectivity index (χ3n) is 3.61. The summed E-state index contributed by atoms with van der Waals surface area (Å²) in [5.41, 5.74) is 10.7. The zero-order valence-corrected chi connectivity index (χ0v) is 12.9. The predicted octanol–water partition coefficient (Wildman–Crippen LogP) is 3.93.